The van der Waals surface area contributed by atoms with Crippen LogP contribution in [-0.2, 0) is 5.41 Å². The summed E-state index contributed by atoms with van der Waals surface area (Å²) >= 11 is 0. The van der Waals surface area contributed by atoms with Crippen LogP contribution in [0, 0.1) is 18.3 Å². The number of rotatable bonds is 5. The summed E-state index contributed by atoms with van der Waals surface area (Å²) in [5, 5.41) is 24.0. The Balaban J connectivity index is 1.91. The summed E-state index contributed by atoms with van der Waals surface area (Å²) in [4.78, 5) is 10.4. The van der Waals surface area contributed by atoms with Crippen LogP contribution < -0.4 is 10.6 Å². The van der Waals surface area contributed by atoms with Crippen LogP contribution in [0.15, 0.2) is 24.3 Å². The summed E-state index contributed by atoms with van der Waals surface area (Å²) in [6.45, 7) is 3.10. The quantitative estimate of drug-likeness (QED) is 0.730. The Hall–Kier alpha value is -2.06. The van der Waals surface area contributed by atoms with Crippen molar-refractivity contribution >= 4 is 6.09 Å². The van der Waals surface area contributed by atoms with Crippen LogP contribution in [0.1, 0.15) is 36.8 Å². The molecule has 0 radical (unpaired) electrons. The number of carboxylic acid groups (broad SMARTS) is 1. The molecular weight excluding hydrogens is 278 g/mol. The fraction of sp³-hybridized carbons (Fsp3) is 0.529. The van der Waals surface area contributed by atoms with E-state index in [4.69, 9.17) is 5.11 Å². The van der Waals surface area contributed by atoms with E-state index in [0.717, 1.165) is 31.2 Å². The first-order valence-electron chi connectivity index (χ1n) is 7.75. The molecule has 0 bridgehead atoms. The van der Waals surface area contributed by atoms with Crippen LogP contribution in [-0.4, -0.2) is 30.3 Å². The SMILES string of the molecule is Cc1ccccc1C1(C#N)CCC(NCCNC(=O)O)CC1. The Labute approximate surface area is 131 Å². The van der Waals surface area contributed by atoms with Crippen molar-refractivity contribution in [2.45, 2.75) is 44.1 Å². The smallest absolute Gasteiger partial charge is 0.404 e. The van der Waals surface area contributed by atoms with Crippen molar-refractivity contribution in [3.8, 4) is 6.07 Å². The van der Waals surface area contributed by atoms with E-state index < -0.39 is 6.09 Å². The number of amides is 1. The molecule has 0 atom stereocenters. The monoisotopic (exact) mass is 301 g/mol. The molecule has 1 aromatic rings. The molecule has 0 heterocycles. The molecule has 1 aliphatic carbocycles. The molecule has 0 aliphatic heterocycles. The molecule has 0 aromatic heterocycles. The first-order valence-corrected chi connectivity index (χ1v) is 7.75. The highest BCUT2D eigenvalue weighted by Gasteiger charge is 2.37. The van der Waals surface area contributed by atoms with Gasteiger partial charge in [0.2, 0.25) is 0 Å². The van der Waals surface area contributed by atoms with Crippen molar-refractivity contribution in [1.29, 1.82) is 5.26 Å². The fourth-order valence-electron chi connectivity index (χ4n) is 3.31. The molecule has 1 fully saturated rings. The maximum absolute atomic E-state index is 10.4. The molecule has 3 N–H and O–H groups in total. The molecule has 0 unspecified atom stereocenters. The minimum atomic E-state index is -0.992. The van der Waals surface area contributed by atoms with E-state index in [1.165, 1.54) is 5.56 Å². The zero-order valence-electron chi connectivity index (χ0n) is 12.9. The second-order valence-electron chi connectivity index (χ2n) is 5.97. The summed E-state index contributed by atoms with van der Waals surface area (Å²) in [6, 6.07) is 11.1. The van der Waals surface area contributed by atoms with Crippen LogP contribution >= 0.6 is 0 Å². The normalized spacial score (nSPS) is 24.5. The molecule has 1 aliphatic rings. The molecule has 0 saturated heterocycles. The molecule has 22 heavy (non-hydrogen) atoms. The number of hydrogen-bond acceptors (Lipinski definition) is 3. The Morgan fingerprint density at radius 1 is 1.36 bits per heavy atom. The second kappa shape index (κ2) is 7.28. The van der Waals surface area contributed by atoms with E-state index in [9.17, 15) is 10.1 Å². The third-order valence-corrected chi connectivity index (χ3v) is 4.55. The predicted octanol–water partition coefficient (Wildman–Crippen LogP) is 2.56. The van der Waals surface area contributed by atoms with Crippen LogP contribution in [0.3, 0.4) is 0 Å². The van der Waals surface area contributed by atoms with Crippen LogP contribution in [0.4, 0.5) is 4.79 Å². The van der Waals surface area contributed by atoms with Gasteiger partial charge in [-0.05, 0) is 43.7 Å². The van der Waals surface area contributed by atoms with Gasteiger partial charge in [0.05, 0.1) is 11.5 Å². The Morgan fingerprint density at radius 2 is 2.05 bits per heavy atom. The lowest BCUT2D eigenvalue weighted by molar-refractivity contribution is 0.194. The van der Waals surface area contributed by atoms with E-state index in [2.05, 4.69) is 35.8 Å². The van der Waals surface area contributed by atoms with Gasteiger partial charge in [0.1, 0.15) is 0 Å². The van der Waals surface area contributed by atoms with Gasteiger partial charge in [0.15, 0.2) is 0 Å². The van der Waals surface area contributed by atoms with Crippen molar-refractivity contribution in [2.24, 2.45) is 0 Å². The van der Waals surface area contributed by atoms with Crippen LogP contribution in [0.2, 0.25) is 0 Å². The topological polar surface area (TPSA) is 85.2 Å². The van der Waals surface area contributed by atoms with Gasteiger partial charge < -0.3 is 15.7 Å². The van der Waals surface area contributed by atoms with E-state index in [1.54, 1.807) is 0 Å². The number of nitrogens with zero attached hydrogens (tertiary/aromatic N) is 1. The largest absolute Gasteiger partial charge is 0.465 e. The lowest BCUT2D eigenvalue weighted by atomic mass is 9.68. The number of hydrogen-bond donors (Lipinski definition) is 3. The standard InChI is InChI=1S/C17H23N3O2/c1-13-4-2-3-5-15(13)17(12-18)8-6-14(7-9-17)19-10-11-20-16(21)22/h2-5,14,19-20H,6-11H2,1H3,(H,21,22). The van der Waals surface area contributed by atoms with E-state index in [-0.39, 0.29) is 5.41 Å². The van der Waals surface area contributed by atoms with Crippen molar-refractivity contribution in [3.05, 3.63) is 35.4 Å². The molecule has 5 nitrogen and oxygen atoms in total. The van der Waals surface area contributed by atoms with Gasteiger partial charge in [-0.1, -0.05) is 24.3 Å². The summed E-state index contributed by atoms with van der Waals surface area (Å²) in [5.74, 6) is 0. The van der Waals surface area contributed by atoms with Crippen LogP contribution in [0.25, 0.3) is 0 Å². The Bertz CT molecular complexity index is 557. The number of nitrogens with one attached hydrogen (secondary N) is 2. The minimum Gasteiger partial charge on any atom is -0.465 e. The molecule has 0 spiro atoms. The molecule has 1 saturated carbocycles. The van der Waals surface area contributed by atoms with Gasteiger partial charge >= 0.3 is 6.09 Å². The van der Waals surface area contributed by atoms with Crippen molar-refractivity contribution < 1.29 is 9.90 Å². The Morgan fingerprint density at radius 3 is 2.64 bits per heavy atom. The molecule has 118 valence electrons. The van der Waals surface area contributed by atoms with E-state index >= 15 is 0 Å². The number of carbonyl (C=O) groups is 1. The van der Waals surface area contributed by atoms with Gasteiger partial charge in [0, 0.05) is 19.1 Å². The maximum atomic E-state index is 10.4. The first kappa shape index (κ1) is 16.3. The van der Waals surface area contributed by atoms with Crippen molar-refractivity contribution in [3.63, 3.8) is 0 Å². The van der Waals surface area contributed by atoms with Crippen molar-refractivity contribution in [2.75, 3.05) is 13.1 Å². The van der Waals surface area contributed by atoms with Crippen LogP contribution in [0.5, 0.6) is 0 Å². The second-order valence-corrected chi connectivity index (χ2v) is 5.97. The minimum absolute atomic E-state index is 0.362. The third kappa shape index (κ3) is 3.77. The highest BCUT2D eigenvalue weighted by atomic mass is 16.4. The third-order valence-electron chi connectivity index (χ3n) is 4.55. The van der Waals surface area contributed by atoms with Gasteiger partial charge in [-0.2, -0.15) is 5.26 Å². The van der Waals surface area contributed by atoms with Gasteiger partial charge in [-0.3, -0.25) is 0 Å². The average molecular weight is 301 g/mol. The number of benzene rings is 1. The number of nitriles is 1. The Kier molecular flexibility index (Phi) is 5.40. The summed E-state index contributed by atoms with van der Waals surface area (Å²) in [7, 11) is 0. The highest BCUT2D eigenvalue weighted by molar-refractivity contribution is 5.64. The van der Waals surface area contributed by atoms with Crippen molar-refractivity contribution in [1.82, 2.24) is 10.6 Å². The van der Waals surface area contributed by atoms with Gasteiger partial charge in [0.25, 0.3) is 0 Å². The van der Waals surface area contributed by atoms with Gasteiger partial charge in [-0.25, -0.2) is 4.79 Å². The fourth-order valence-corrected chi connectivity index (χ4v) is 3.31. The lowest BCUT2D eigenvalue weighted by Crippen LogP contribution is -2.42. The summed E-state index contributed by atoms with van der Waals surface area (Å²) in [5.41, 5.74) is 1.97. The summed E-state index contributed by atoms with van der Waals surface area (Å²) in [6.07, 6.45) is 2.58. The van der Waals surface area contributed by atoms with Gasteiger partial charge in [-0.15, -0.1) is 0 Å². The van der Waals surface area contributed by atoms with E-state index in [0.29, 0.717) is 19.1 Å². The molecule has 2 rings (SSSR count). The predicted molar refractivity (Wildman–Crippen MR) is 84.8 cm³/mol. The molecule has 1 aromatic carbocycles. The number of aryl methyl sites for hydroxylation is 1. The zero-order chi connectivity index (χ0) is 16.0. The van der Waals surface area contributed by atoms with E-state index in [1.807, 2.05) is 12.1 Å². The molecule has 5 heteroatoms. The summed E-state index contributed by atoms with van der Waals surface area (Å²) < 4.78 is 0. The molecular formula is C17H23N3O2. The highest BCUT2D eigenvalue weighted by Crippen LogP contribution is 2.40. The lowest BCUT2D eigenvalue weighted by Gasteiger charge is -2.36. The first-order chi connectivity index (χ1) is 10.6. The molecule has 1 amide bonds. The maximum Gasteiger partial charge on any atom is 0.404 e. The average Bonchev–Trinajstić information content (AvgIpc) is 2.53. The zero-order valence-corrected chi connectivity index (χ0v) is 12.9.